The standard InChI is InChI=1S/C14H15ClN2/c15-13-7-2-1-5-11(13)9-14-16-10-12-6-3-4-8-17(12)14/h1-2,5,7,10H,3-4,6,8-9H2. The van der Waals surface area contributed by atoms with Gasteiger partial charge in [0.05, 0.1) is 0 Å². The van der Waals surface area contributed by atoms with Crippen LogP contribution in [0.1, 0.15) is 29.9 Å². The van der Waals surface area contributed by atoms with E-state index in [4.69, 9.17) is 11.6 Å². The Morgan fingerprint density at radius 2 is 2.12 bits per heavy atom. The molecule has 0 radical (unpaired) electrons. The topological polar surface area (TPSA) is 17.8 Å². The van der Waals surface area contributed by atoms with Crippen LogP contribution >= 0.6 is 11.6 Å². The van der Waals surface area contributed by atoms with Gasteiger partial charge < -0.3 is 4.57 Å². The van der Waals surface area contributed by atoms with Gasteiger partial charge in [0.1, 0.15) is 5.82 Å². The maximum Gasteiger partial charge on any atom is 0.113 e. The van der Waals surface area contributed by atoms with E-state index in [2.05, 4.69) is 15.6 Å². The Labute approximate surface area is 106 Å². The lowest BCUT2D eigenvalue weighted by molar-refractivity contribution is 0.518. The Bertz CT molecular complexity index is 531. The van der Waals surface area contributed by atoms with Gasteiger partial charge in [-0.2, -0.15) is 0 Å². The van der Waals surface area contributed by atoms with Crippen LogP contribution in [0.2, 0.25) is 5.02 Å². The summed E-state index contributed by atoms with van der Waals surface area (Å²) >= 11 is 6.19. The molecular formula is C14H15ClN2. The zero-order valence-electron chi connectivity index (χ0n) is 9.69. The van der Waals surface area contributed by atoms with Crippen molar-refractivity contribution in [1.82, 2.24) is 9.55 Å². The molecule has 0 atom stereocenters. The molecule has 0 spiro atoms. The van der Waals surface area contributed by atoms with Crippen LogP contribution in [0, 0.1) is 0 Å². The fraction of sp³-hybridized carbons (Fsp3) is 0.357. The highest BCUT2D eigenvalue weighted by molar-refractivity contribution is 6.31. The van der Waals surface area contributed by atoms with Gasteiger partial charge in [0.25, 0.3) is 0 Å². The van der Waals surface area contributed by atoms with Gasteiger partial charge >= 0.3 is 0 Å². The number of hydrogen-bond acceptors (Lipinski definition) is 1. The van der Waals surface area contributed by atoms with Gasteiger partial charge in [-0.15, -0.1) is 0 Å². The van der Waals surface area contributed by atoms with Crippen molar-refractivity contribution in [1.29, 1.82) is 0 Å². The smallest absolute Gasteiger partial charge is 0.113 e. The maximum atomic E-state index is 6.19. The van der Waals surface area contributed by atoms with Crippen LogP contribution < -0.4 is 0 Å². The minimum Gasteiger partial charge on any atom is -0.332 e. The lowest BCUT2D eigenvalue weighted by atomic mass is 10.1. The zero-order valence-corrected chi connectivity index (χ0v) is 10.5. The third-order valence-corrected chi connectivity index (χ3v) is 3.76. The van der Waals surface area contributed by atoms with E-state index in [-0.39, 0.29) is 0 Å². The van der Waals surface area contributed by atoms with E-state index in [0.29, 0.717) is 0 Å². The number of aromatic nitrogens is 2. The van der Waals surface area contributed by atoms with Crippen molar-refractivity contribution < 1.29 is 0 Å². The molecule has 0 amide bonds. The first-order valence-electron chi connectivity index (χ1n) is 6.11. The highest BCUT2D eigenvalue weighted by Gasteiger charge is 2.14. The van der Waals surface area contributed by atoms with Gasteiger partial charge in [0, 0.05) is 29.9 Å². The maximum absolute atomic E-state index is 6.19. The zero-order chi connectivity index (χ0) is 11.7. The molecule has 0 N–H and O–H groups in total. The van der Waals surface area contributed by atoms with Crippen LogP contribution in [0.15, 0.2) is 30.5 Å². The molecule has 2 nitrogen and oxygen atoms in total. The van der Waals surface area contributed by atoms with Crippen molar-refractivity contribution in [3.8, 4) is 0 Å². The summed E-state index contributed by atoms with van der Waals surface area (Å²) < 4.78 is 2.35. The molecular weight excluding hydrogens is 232 g/mol. The lowest BCUT2D eigenvalue weighted by Gasteiger charge is -2.16. The summed E-state index contributed by atoms with van der Waals surface area (Å²) in [5.41, 5.74) is 2.53. The molecule has 1 aromatic carbocycles. The Balaban J connectivity index is 1.91. The van der Waals surface area contributed by atoms with Crippen LogP contribution in [-0.2, 0) is 19.4 Å². The van der Waals surface area contributed by atoms with Crippen molar-refractivity contribution in [2.75, 3.05) is 0 Å². The van der Waals surface area contributed by atoms with Gasteiger partial charge in [0.15, 0.2) is 0 Å². The summed E-state index contributed by atoms with van der Waals surface area (Å²) in [6, 6.07) is 8.01. The normalized spacial score (nSPS) is 14.6. The first-order chi connectivity index (χ1) is 8.34. The average Bonchev–Trinajstić information content (AvgIpc) is 2.76. The molecule has 2 heterocycles. The van der Waals surface area contributed by atoms with E-state index >= 15 is 0 Å². The van der Waals surface area contributed by atoms with E-state index in [9.17, 15) is 0 Å². The van der Waals surface area contributed by atoms with Gasteiger partial charge in [-0.05, 0) is 30.9 Å². The van der Waals surface area contributed by atoms with Crippen LogP contribution in [0.25, 0.3) is 0 Å². The number of imidazole rings is 1. The number of nitrogens with zero attached hydrogens (tertiary/aromatic N) is 2. The van der Waals surface area contributed by atoms with E-state index in [1.54, 1.807) is 0 Å². The molecule has 0 saturated heterocycles. The summed E-state index contributed by atoms with van der Waals surface area (Å²) in [5, 5.41) is 0.834. The first-order valence-corrected chi connectivity index (χ1v) is 6.49. The van der Waals surface area contributed by atoms with Crippen molar-refractivity contribution in [2.24, 2.45) is 0 Å². The number of benzene rings is 1. The molecule has 3 rings (SSSR count). The quantitative estimate of drug-likeness (QED) is 0.794. The minimum atomic E-state index is 0.833. The summed E-state index contributed by atoms with van der Waals surface area (Å²) in [5.74, 6) is 1.15. The van der Waals surface area contributed by atoms with E-state index in [0.717, 1.165) is 35.8 Å². The third kappa shape index (κ3) is 2.09. The van der Waals surface area contributed by atoms with Gasteiger partial charge in [-0.1, -0.05) is 29.8 Å². The molecule has 3 heteroatoms. The highest BCUT2D eigenvalue weighted by atomic mass is 35.5. The second kappa shape index (κ2) is 4.53. The summed E-state index contributed by atoms with van der Waals surface area (Å²) in [4.78, 5) is 4.54. The second-order valence-electron chi connectivity index (χ2n) is 4.54. The first kappa shape index (κ1) is 10.8. The lowest BCUT2D eigenvalue weighted by Crippen LogP contribution is -2.13. The van der Waals surface area contributed by atoms with Crippen LogP contribution in [0.4, 0.5) is 0 Å². The third-order valence-electron chi connectivity index (χ3n) is 3.39. The number of rotatable bonds is 2. The monoisotopic (exact) mass is 246 g/mol. The molecule has 2 aromatic rings. The Morgan fingerprint density at radius 1 is 1.24 bits per heavy atom. The Kier molecular flexibility index (Phi) is 2.89. The molecule has 0 fully saturated rings. The van der Waals surface area contributed by atoms with E-state index in [1.807, 2.05) is 24.4 Å². The van der Waals surface area contributed by atoms with Crippen LogP contribution in [0.3, 0.4) is 0 Å². The molecule has 0 bridgehead atoms. The summed E-state index contributed by atoms with van der Waals surface area (Å²) in [6.07, 6.45) is 6.57. The predicted molar refractivity (Wildman–Crippen MR) is 69.4 cm³/mol. The summed E-state index contributed by atoms with van der Waals surface area (Å²) in [7, 11) is 0. The van der Waals surface area contributed by atoms with Crippen molar-refractivity contribution >= 4 is 11.6 Å². The molecule has 1 aliphatic heterocycles. The average molecular weight is 247 g/mol. The molecule has 1 aliphatic rings. The molecule has 0 saturated carbocycles. The molecule has 1 aromatic heterocycles. The molecule has 0 aliphatic carbocycles. The fourth-order valence-corrected chi connectivity index (χ4v) is 2.66. The van der Waals surface area contributed by atoms with Crippen LogP contribution in [0.5, 0.6) is 0 Å². The number of halogens is 1. The van der Waals surface area contributed by atoms with E-state index < -0.39 is 0 Å². The molecule has 0 unspecified atom stereocenters. The number of hydrogen-bond donors (Lipinski definition) is 0. The SMILES string of the molecule is Clc1ccccc1Cc1ncc2n1CCCC2. The van der Waals surface area contributed by atoms with Gasteiger partial charge in [0.2, 0.25) is 0 Å². The van der Waals surface area contributed by atoms with Gasteiger partial charge in [-0.3, -0.25) is 0 Å². The highest BCUT2D eigenvalue weighted by Crippen LogP contribution is 2.22. The molecule has 17 heavy (non-hydrogen) atoms. The Hall–Kier alpha value is -1.28. The predicted octanol–water partition coefficient (Wildman–Crippen LogP) is 3.46. The Morgan fingerprint density at radius 3 is 3.00 bits per heavy atom. The van der Waals surface area contributed by atoms with Crippen LogP contribution in [-0.4, -0.2) is 9.55 Å². The minimum absolute atomic E-state index is 0.833. The second-order valence-corrected chi connectivity index (χ2v) is 4.95. The van der Waals surface area contributed by atoms with E-state index in [1.165, 1.54) is 18.5 Å². The van der Waals surface area contributed by atoms with Crippen molar-refractivity contribution in [3.63, 3.8) is 0 Å². The summed E-state index contributed by atoms with van der Waals surface area (Å²) in [6.45, 7) is 1.11. The molecule has 88 valence electrons. The number of fused-ring (bicyclic) bond motifs is 1. The number of aryl methyl sites for hydroxylation is 1. The van der Waals surface area contributed by atoms with Crippen molar-refractivity contribution in [2.45, 2.75) is 32.2 Å². The fourth-order valence-electron chi connectivity index (χ4n) is 2.46. The largest absolute Gasteiger partial charge is 0.332 e. The van der Waals surface area contributed by atoms with Gasteiger partial charge in [-0.25, -0.2) is 4.98 Å². The van der Waals surface area contributed by atoms with Crippen molar-refractivity contribution in [3.05, 3.63) is 52.6 Å².